The highest BCUT2D eigenvalue weighted by molar-refractivity contribution is 6.30. The van der Waals surface area contributed by atoms with Gasteiger partial charge in [-0.25, -0.2) is 4.39 Å². The Labute approximate surface area is 205 Å². The van der Waals surface area contributed by atoms with Crippen LogP contribution in [0.1, 0.15) is 56.9 Å². The van der Waals surface area contributed by atoms with Crippen LogP contribution in [0.5, 0.6) is 5.75 Å². The number of benzene rings is 2. The van der Waals surface area contributed by atoms with Crippen LogP contribution in [0.25, 0.3) is 0 Å². The van der Waals surface area contributed by atoms with E-state index in [0.717, 1.165) is 0 Å². The fourth-order valence-corrected chi connectivity index (χ4v) is 4.60. The molecule has 0 unspecified atom stereocenters. The lowest BCUT2D eigenvalue weighted by atomic mass is 10.0. The van der Waals surface area contributed by atoms with Crippen molar-refractivity contribution in [2.24, 2.45) is 5.73 Å². The number of phenolic OH excluding ortho intramolecular Hbond substituents is 1. The summed E-state index contributed by atoms with van der Waals surface area (Å²) >= 11 is 6.12. The molecule has 1 aliphatic carbocycles. The number of phenols is 1. The number of anilines is 1. The summed E-state index contributed by atoms with van der Waals surface area (Å²) in [5.41, 5.74) is 7.12. The van der Waals surface area contributed by atoms with Gasteiger partial charge in [0.2, 0.25) is 5.91 Å². The summed E-state index contributed by atoms with van der Waals surface area (Å²) in [6.07, 6.45) is 2.19. The number of carbonyl (C=O) groups is 3. The van der Waals surface area contributed by atoms with Gasteiger partial charge in [-0.2, -0.15) is 0 Å². The van der Waals surface area contributed by atoms with Crippen LogP contribution in [0.2, 0.25) is 5.02 Å². The number of nitrogens with two attached hydrogens (primary N) is 1. The van der Waals surface area contributed by atoms with E-state index < -0.39 is 23.7 Å². The number of aromatic nitrogens is 1. The normalized spacial score (nSPS) is 14.3. The lowest BCUT2D eigenvalue weighted by molar-refractivity contribution is -0.114. The zero-order valence-electron chi connectivity index (χ0n) is 18.7. The zero-order chi connectivity index (χ0) is 25.3. The van der Waals surface area contributed by atoms with Crippen molar-refractivity contribution in [3.05, 3.63) is 87.4 Å². The fourth-order valence-electron chi connectivity index (χ4n) is 4.38. The molecule has 180 valence electrons. The number of amides is 3. The predicted octanol–water partition coefficient (Wildman–Crippen LogP) is 3.97. The molecule has 1 aliphatic rings. The number of nitrogens with zero attached hydrogens (tertiary/aromatic N) is 2. The molecule has 10 heteroatoms. The summed E-state index contributed by atoms with van der Waals surface area (Å²) in [7, 11) is 0. The Balaban J connectivity index is 1.82. The maximum atomic E-state index is 14.6. The van der Waals surface area contributed by atoms with Gasteiger partial charge in [0.1, 0.15) is 17.3 Å². The quantitative estimate of drug-likeness (QED) is 0.445. The van der Waals surface area contributed by atoms with Crippen LogP contribution in [-0.2, 0) is 17.8 Å². The Morgan fingerprint density at radius 1 is 1.26 bits per heavy atom. The second-order valence-electron chi connectivity index (χ2n) is 8.23. The van der Waals surface area contributed by atoms with Gasteiger partial charge in [0.25, 0.3) is 11.8 Å². The maximum Gasteiger partial charge on any atom is 0.267 e. The van der Waals surface area contributed by atoms with Crippen molar-refractivity contribution in [1.82, 2.24) is 9.88 Å². The standard InChI is InChI=1S/C25H22ClFN4O4/c1-13(32)30-16-4-7-22(33)19(11-16)25(35)31(12-14-3-2-8-29-23(14)24(28)34)21-6-5-17-18(21)9-15(26)10-20(17)27/h2-4,7-11,21,33H,5-6,12H2,1H3,(H2,28,34)(H,30,32)/t21-/m1/s1. The third-order valence-electron chi connectivity index (χ3n) is 5.87. The summed E-state index contributed by atoms with van der Waals surface area (Å²) in [6.45, 7) is 1.23. The lowest BCUT2D eigenvalue weighted by Crippen LogP contribution is -2.34. The minimum atomic E-state index is -0.760. The second kappa shape index (κ2) is 9.71. The van der Waals surface area contributed by atoms with Crippen molar-refractivity contribution in [1.29, 1.82) is 0 Å². The maximum absolute atomic E-state index is 14.6. The molecule has 4 N–H and O–H groups in total. The fraction of sp³-hybridized carbons (Fsp3) is 0.200. The number of fused-ring (bicyclic) bond motifs is 1. The molecule has 1 atom stereocenters. The first-order valence-corrected chi connectivity index (χ1v) is 11.2. The summed E-state index contributed by atoms with van der Waals surface area (Å²) in [5, 5.41) is 13.3. The van der Waals surface area contributed by atoms with Crippen LogP contribution in [0.3, 0.4) is 0 Å². The van der Waals surface area contributed by atoms with Crippen LogP contribution in [0, 0.1) is 5.82 Å². The molecule has 35 heavy (non-hydrogen) atoms. The molecule has 2 aromatic carbocycles. The summed E-state index contributed by atoms with van der Waals surface area (Å²) in [4.78, 5) is 42.8. The number of hydrogen-bond acceptors (Lipinski definition) is 5. The molecule has 0 saturated carbocycles. The van der Waals surface area contributed by atoms with E-state index in [4.69, 9.17) is 17.3 Å². The Hall–Kier alpha value is -3.98. The molecule has 8 nitrogen and oxygen atoms in total. The number of carbonyl (C=O) groups excluding carboxylic acids is 3. The molecule has 0 aliphatic heterocycles. The molecule has 0 radical (unpaired) electrons. The number of aromatic hydroxyl groups is 1. The number of pyridine rings is 1. The van der Waals surface area contributed by atoms with Crippen molar-refractivity contribution in [2.45, 2.75) is 32.4 Å². The van der Waals surface area contributed by atoms with Crippen LogP contribution in [0.4, 0.5) is 10.1 Å². The molecule has 3 amide bonds. The van der Waals surface area contributed by atoms with E-state index in [-0.39, 0.29) is 34.5 Å². The largest absolute Gasteiger partial charge is 0.507 e. The number of primary amides is 1. The van der Waals surface area contributed by atoms with E-state index in [1.807, 2.05) is 0 Å². The van der Waals surface area contributed by atoms with E-state index in [1.54, 1.807) is 18.2 Å². The van der Waals surface area contributed by atoms with Gasteiger partial charge in [-0.05, 0) is 60.4 Å². The molecule has 0 bridgehead atoms. The first-order valence-electron chi connectivity index (χ1n) is 10.8. The first-order chi connectivity index (χ1) is 16.7. The van der Waals surface area contributed by atoms with E-state index >= 15 is 0 Å². The third kappa shape index (κ3) is 4.95. The molecule has 0 fully saturated rings. The SMILES string of the molecule is CC(=O)Nc1ccc(O)c(C(=O)N(Cc2cccnc2C(N)=O)[C@@H]2CCc3c(F)cc(Cl)cc32)c1. The Bertz CT molecular complexity index is 1350. The number of rotatable bonds is 6. The highest BCUT2D eigenvalue weighted by atomic mass is 35.5. The number of hydrogen-bond donors (Lipinski definition) is 3. The van der Waals surface area contributed by atoms with Crippen molar-refractivity contribution in [3.8, 4) is 5.75 Å². The molecular weight excluding hydrogens is 475 g/mol. The highest BCUT2D eigenvalue weighted by Crippen LogP contribution is 2.41. The molecular formula is C25H22ClFN4O4. The van der Waals surface area contributed by atoms with Crippen LogP contribution < -0.4 is 11.1 Å². The minimum absolute atomic E-state index is 0.00276. The van der Waals surface area contributed by atoms with Crippen molar-refractivity contribution in [2.75, 3.05) is 5.32 Å². The van der Waals surface area contributed by atoms with Crippen molar-refractivity contribution in [3.63, 3.8) is 0 Å². The third-order valence-corrected chi connectivity index (χ3v) is 6.09. The summed E-state index contributed by atoms with van der Waals surface area (Å²) < 4.78 is 14.6. The topological polar surface area (TPSA) is 126 Å². The van der Waals surface area contributed by atoms with Gasteiger partial charge in [-0.15, -0.1) is 0 Å². The molecule has 4 rings (SSSR count). The van der Waals surface area contributed by atoms with Gasteiger partial charge < -0.3 is 21.1 Å². The van der Waals surface area contributed by atoms with Gasteiger partial charge in [0.05, 0.1) is 11.6 Å². The van der Waals surface area contributed by atoms with Crippen molar-refractivity contribution >= 4 is 35.0 Å². The average molecular weight is 497 g/mol. The zero-order valence-corrected chi connectivity index (χ0v) is 19.5. The summed E-state index contributed by atoms with van der Waals surface area (Å²) in [6, 6.07) is 9.59. The van der Waals surface area contributed by atoms with Crippen LogP contribution in [-0.4, -0.2) is 32.7 Å². The monoisotopic (exact) mass is 496 g/mol. The Morgan fingerprint density at radius 3 is 2.74 bits per heavy atom. The lowest BCUT2D eigenvalue weighted by Gasteiger charge is -2.31. The molecule has 3 aromatic rings. The second-order valence-corrected chi connectivity index (χ2v) is 8.67. The summed E-state index contributed by atoms with van der Waals surface area (Å²) in [5.74, 6) is -2.46. The molecule has 0 saturated heterocycles. The molecule has 0 spiro atoms. The van der Waals surface area contributed by atoms with E-state index in [9.17, 15) is 23.9 Å². The first kappa shape index (κ1) is 24.2. The van der Waals surface area contributed by atoms with Crippen LogP contribution >= 0.6 is 11.6 Å². The van der Waals surface area contributed by atoms with Gasteiger partial charge in [0, 0.05) is 35.9 Å². The van der Waals surface area contributed by atoms with Gasteiger partial charge >= 0.3 is 0 Å². The minimum Gasteiger partial charge on any atom is -0.507 e. The Kier molecular flexibility index (Phi) is 6.70. The van der Waals surface area contributed by atoms with Gasteiger partial charge in [0.15, 0.2) is 0 Å². The molecule has 1 aromatic heterocycles. The van der Waals surface area contributed by atoms with E-state index in [0.29, 0.717) is 35.2 Å². The van der Waals surface area contributed by atoms with Gasteiger partial charge in [-0.1, -0.05) is 17.7 Å². The molecule has 1 heterocycles. The van der Waals surface area contributed by atoms with Crippen LogP contribution in [0.15, 0.2) is 48.7 Å². The number of nitrogens with one attached hydrogen (secondary N) is 1. The average Bonchev–Trinajstić information content (AvgIpc) is 3.22. The van der Waals surface area contributed by atoms with Gasteiger partial charge in [-0.3, -0.25) is 19.4 Å². The Morgan fingerprint density at radius 2 is 2.03 bits per heavy atom. The van der Waals surface area contributed by atoms with E-state index in [2.05, 4.69) is 10.3 Å². The smallest absolute Gasteiger partial charge is 0.267 e. The highest BCUT2D eigenvalue weighted by Gasteiger charge is 2.35. The van der Waals surface area contributed by atoms with E-state index in [1.165, 1.54) is 42.3 Å². The van der Waals surface area contributed by atoms with Crippen molar-refractivity contribution < 1.29 is 23.9 Å². The predicted molar refractivity (Wildman–Crippen MR) is 128 cm³/mol. The number of halogens is 2.